The number of ether oxygens (including phenoxy) is 2. The van der Waals surface area contributed by atoms with E-state index in [0.29, 0.717) is 46.2 Å². The molecular formula is C20H21ClN4O4. The summed E-state index contributed by atoms with van der Waals surface area (Å²) in [6, 6.07) is 3.36. The largest absolute Gasteiger partial charge is 0.490 e. The molecule has 0 bridgehead atoms. The van der Waals surface area contributed by atoms with Crippen molar-refractivity contribution < 1.29 is 9.47 Å². The molecule has 8 nitrogen and oxygen atoms in total. The third-order valence-corrected chi connectivity index (χ3v) is 4.85. The number of hydrogen-bond acceptors (Lipinski definition) is 4. The van der Waals surface area contributed by atoms with Crippen molar-refractivity contribution in [3.8, 4) is 23.8 Å². The lowest BCUT2D eigenvalue weighted by Gasteiger charge is -2.19. The summed E-state index contributed by atoms with van der Waals surface area (Å²) in [5.74, 6) is 2.40. The standard InChI is InChI=1S/C20H21ClN4O4/c1-5-7-29-18-13(21)8-12(9-14(18)28-6-2)17(15-10(3)22-24-19(15)26)16-11(4)23-25-20(16)27/h1,8-9,17H,6-7H2,2-4H3,(H2,22,24,26)(H2,23,25,27). The fraction of sp³-hybridized carbons (Fsp3) is 0.300. The quantitative estimate of drug-likeness (QED) is 0.443. The van der Waals surface area contributed by atoms with Gasteiger partial charge >= 0.3 is 0 Å². The average Bonchev–Trinajstić information content (AvgIpc) is 3.18. The second kappa shape index (κ2) is 8.37. The number of aromatic amines is 4. The van der Waals surface area contributed by atoms with Crippen LogP contribution in [0.4, 0.5) is 0 Å². The molecule has 0 spiro atoms. The molecule has 3 rings (SSSR count). The molecule has 0 saturated heterocycles. The fourth-order valence-corrected chi connectivity index (χ4v) is 3.63. The highest BCUT2D eigenvalue weighted by atomic mass is 35.5. The Morgan fingerprint density at radius 2 is 1.62 bits per heavy atom. The predicted molar refractivity (Wildman–Crippen MR) is 110 cm³/mol. The highest BCUT2D eigenvalue weighted by Crippen LogP contribution is 2.41. The molecule has 1 aromatic carbocycles. The zero-order valence-corrected chi connectivity index (χ0v) is 17.0. The molecular weight excluding hydrogens is 396 g/mol. The summed E-state index contributed by atoms with van der Waals surface area (Å²) in [6.07, 6.45) is 5.28. The number of halogens is 1. The van der Waals surface area contributed by atoms with Crippen LogP contribution in [0.5, 0.6) is 11.5 Å². The van der Waals surface area contributed by atoms with Crippen LogP contribution in [0.1, 0.15) is 40.9 Å². The topological polar surface area (TPSA) is 116 Å². The van der Waals surface area contributed by atoms with Crippen LogP contribution in [0.3, 0.4) is 0 Å². The maximum absolute atomic E-state index is 12.6. The van der Waals surface area contributed by atoms with Gasteiger partial charge in [0.25, 0.3) is 11.1 Å². The highest BCUT2D eigenvalue weighted by Gasteiger charge is 2.29. The zero-order chi connectivity index (χ0) is 21.1. The van der Waals surface area contributed by atoms with Gasteiger partial charge in [0.15, 0.2) is 11.5 Å². The first-order valence-corrected chi connectivity index (χ1v) is 9.33. The Labute approximate surface area is 171 Å². The number of terminal acetylenes is 1. The van der Waals surface area contributed by atoms with Crippen LogP contribution in [0, 0.1) is 26.2 Å². The molecule has 29 heavy (non-hydrogen) atoms. The van der Waals surface area contributed by atoms with Crippen LogP contribution >= 0.6 is 11.6 Å². The van der Waals surface area contributed by atoms with Crippen LogP contribution in [0.25, 0.3) is 0 Å². The fourth-order valence-electron chi connectivity index (χ4n) is 3.36. The van der Waals surface area contributed by atoms with Crippen molar-refractivity contribution in [1.29, 1.82) is 0 Å². The summed E-state index contributed by atoms with van der Waals surface area (Å²) in [6.45, 7) is 5.73. The van der Waals surface area contributed by atoms with Crippen LogP contribution in [-0.4, -0.2) is 33.6 Å². The molecule has 152 valence electrons. The molecule has 0 fully saturated rings. The number of hydrogen-bond donors (Lipinski definition) is 4. The van der Waals surface area contributed by atoms with Crippen LogP contribution < -0.4 is 20.6 Å². The third-order valence-electron chi connectivity index (χ3n) is 4.57. The first-order valence-electron chi connectivity index (χ1n) is 8.95. The lowest BCUT2D eigenvalue weighted by atomic mass is 9.85. The van der Waals surface area contributed by atoms with Crippen LogP contribution in [0.15, 0.2) is 21.7 Å². The van der Waals surface area contributed by atoms with E-state index in [4.69, 9.17) is 27.5 Å². The molecule has 0 aliphatic rings. The summed E-state index contributed by atoms with van der Waals surface area (Å²) in [7, 11) is 0. The van der Waals surface area contributed by atoms with Crippen molar-refractivity contribution in [3.05, 3.63) is 65.9 Å². The Hall–Kier alpha value is -3.31. The first kappa shape index (κ1) is 20.4. The minimum absolute atomic E-state index is 0.0236. The Kier molecular flexibility index (Phi) is 5.89. The second-order valence-electron chi connectivity index (χ2n) is 6.42. The van der Waals surface area contributed by atoms with E-state index in [1.165, 1.54) is 0 Å². The summed E-state index contributed by atoms with van der Waals surface area (Å²) >= 11 is 6.47. The van der Waals surface area contributed by atoms with Gasteiger partial charge in [-0.25, -0.2) is 0 Å². The van der Waals surface area contributed by atoms with E-state index in [1.807, 2.05) is 6.92 Å². The highest BCUT2D eigenvalue weighted by molar-refractivity contribution is 6.32. The van der Waals surface area contributed by atoms with Gasteiger partial charge in [-0.2, -0.15) is 0 Å². The number of aryl methyl sites for hydroxylation is 2. The van der Waals surface area contributed by atoms with E-state index in [9.17, 15) is 9.59 Å². The van der Waals surface area contributed by atoms with E-state index in [2.05, 4.69) is 26.3 Å². The van der Waals surface area contributed by atoms with Gasteiger partial charge < -0.3 is 19.7 Å². The Bertz CT molecular complexity index is 1120. The summed E-state index contributed by atoms with van der Waals surface area (Å²) in [5, 5.41) is 11.0. The number of aromatic nitrogens is 4. The molecule has 0 atom stereocenters. The van der Waals surface area contributed by atoms with Crippen molar-refractivity contribution >= 4 is 11.6 Å². The van der Waals surface area contributed by atoms with Crippen molar-refractivity contribution in [2.75, 3.05) is 13.2 Å². The first-order chi connectivity index (χ1) is 13.9. The molecule has 0 aliphatic carbocycles. The Morgan fingerprint density at radius 1 is 1.03 bits per heavy atom. The van der Waals surface area contributed by atoms with E-state index in [-0.39, 0.29) is 22.7 Å². The molecule has 0 unspecified atom stereocenters. The van der Waals surface area contributed by atoms with Crippen LogP contribution in [0.2, 0.25) is 5.02 Å². The van der Waals surface area contributed by atoms with E-state index >= 15 is 0 Å². The summed E-state index contributed by atoms with van der Waals surface area (Å²) < 4.78 is 11.2. The molecule has 0 aliphatic heterocycles. The maximum atomic E-state index is 12.6. The molecule has 0 radical (unpaired) electrons. The number of rotatable bonds is 7. The van der Waals surface area contributed by atoms with Crippen molar-refractivity contribution in [3.63, 3.8) is 0 Å². The van der Waals surface area contributed by atoms with Crippen LogP contribution in [-0.2, 0) is 0 Å². The van der Waals surface area contributed by atoms with Gasteiger partial charge in [0.05, 0.1) is 22.8 Å². The van der Waals surface area contributed by atoms with E-state index in [1.54, 1.807) is 26.0 Å². The number of nitrogens with one attached hydrogen (secondary N) is 4. The minimum Gasteiger partial charge on any atom is -0.490 e. The molecule has 0 saturated carbocycles. The van der Waals surface area contributed by atoms with Gasteiger partial charge in [-0.15, -0.1) is 6.42 Å². The minimum atomic E-state index is -0.682. The summed E-state index contributed by atoms with van der Waals surface area (Å²) in [5.41, 5.74) is 2.00. The average molecular weight is 417 g/mol. The molecule has 2 aromatic heterocycles. The number of benzene rings is 1. The monoisotopic (exact) mass is 416 g/mol. The SMILES string of the molecule is C#CCOc1c(Cl)cc(C(c2c(C)[nH][nH]c2=O)c2c(C)[nH][nH]c2=O)cc1OCC. The molecule has 3 aromatic rings. The molecule has 0 amide bonds. The third kappa shape index (κ3) is 3.82. The molecule has 9 heteroatoms. The molecule has 2 heterocycles. The smallest absolute Gasteiger partial charge is 0.268 e. The van der Waals surface area contributed by atoms with E-state index < -0.39 is 5.92 Å². The lowest BCUT2D eigenvalue weighted by Crippen LogP contribution is -2.20. The Morgan fingerprint density at radius 3 is 2.07 bits per heavy atom. The predicted octanol–water partition coefficient (Wildman–Crippen LogP) is 2.58. The second-order valence-corrected chi connectivity index (χ2v) is 6.83. The number of H-pyrrole nitrogens is 4. The van der Waals surface area contributed by atoms with Gasteiger partial charge in [0.1, 0.15) is 6.61 Å². The zero-order valence-electron chi connectivity index (χ0n) is 16.2. The van der Waals surface area contributed by atoms with Gasteiger partial charge in [0.2, 0.25) is 0 Å². The Balaban J connectivity index is 2.28. The lowest BCUT2D eigenvalue weighted by molar-refractivity contribution is 0.299. The van der Waals surface area contributed by atoms with Crippen molar-refractivity contribution in [2.45, 2.75) is 26.7 Å². The van der Waals surface area contributed by atoms with Gasteiger partial charge in [0, 0.05) is 17.3 Å². The van der Waals surface area contributed by atoms with E-state index in [0.717, 1.165) is 0 Å². The molecule has 4 N–H and O–H groups in total. The van der Waals surface area contributed by atoms with Gasteiger partial charge in [-0.1, -0.05) is 17.5 Å². The summed E-state index contributed by atoms with van der Waals surface area (Å²) in [4.78, 5) is 25.1. The normalized spacial score (nSPS) is 10.9. The van der Waals surface area contributed by atoms with Gasteiger partial charge in [-0.3, -0.25) is 19.8 Å². The maximum Gasteiger partial charge on any atom is 0.268 e. The van der Waals surface area contributed by atoms with Gasteiger partial charge in [-0.05, 0) is 38.5 Å². The van der Waals surface area contributed by atoms with Crippen molar-refractivity contribution in [2.24, 2.45) is 0 Å². The van der Waals surface area contributed by atoms with Crippen molar-refractivity contribution in [1.82, 2.24) is 20.4 Å².